The zero-order valence-electron chi connectivity index (χ0n) is 26.1. The van der Waals surface area contributed by atoms with E-state index in [4.69, 9.17) is 4.42 Å². The van der Waals surface area contributed by atoms with Gasteiger partial charge in [-0.1, -0.05) is 91.0 Å². The molecule has 0 saturated heterocycles. The number of hydrogen-bond donors (Lipinski definition) is 0. The highest BCUT2D eigenvalue weighted by molar-refractivity contribution is 6.14. The molecule has 0 atom stereocenters. The fraction of sp³-hybridized carbons (Fsp3) is 0.0455. The summed E-state index contributed by atoms with van der Waals surface area (Å²) in [5.41, 5.74) is 12.8. The first kappa shape index (κ1) is 25.9. The van der Waals surface area contributed by atoms with E-state index in [1.165, 1.54) is 55.0 Å². The molecule has 0 amide bonds. The standard InChI is InChI=1S/C44H29N3O/c1-6-19-37-31(14-1)32-15-2-7-20-38(32)45(37)28-12-11-13-29(26-28)46-39-21-8-3-17-34(39)43-35-18-4-9-22-40(35)47(44(43)46)30-24-25-42-36(27-30)33-16-5-10-23-41(33)48-42/h1-7,9-20,22-27H,8,21H2. The largest absolute Gasteiger partial charge is 0.456 e. The van der Waals surface area contributed by atoms with Gasteiger partial charge in [-0.25, -0.2) is 0 Å². The fourth-order valence-electron chi connectivity index (χ4n) is 8.31. The lowest BCUT2D eigenvalue weighted by molar-refractivity contribution is 0.669. The van der Waals surface area contributed by atoms with Gasteiger partial charge < -0.3 is 8.98 Å². The van der Waals surface area contributed by atoms with Crippen LogP contribution in [0, 0.1) is 0 Å². The Morgan fingerprint density at radius 2 is 1.06 bits per heavy atom. The summed E-state index contributed by atoms with van der Waals surface area (Å²) in [6, 6.07) is 50.4. The average Bonchev–Trinajstić information content (AvgIpc) is 3.87. The Balaban J connectivity index is 1.24. The molecule has 0 unspecified atom stereocenters. The van der Waals surface area contributed by atoms with Gasteiger partial charge in [0.15, 0.2) is 0 Å². The Morgan fingerprint density at radius 1 is 0.458 bits per heavy atom. The van der Waals surface area contributed by atoms with Crippen LogP contribution in [0.1, 0.15) is 17.7 Å². The van der Waals surface area contributed by atoms with Crippen molar-refractivity contribution in [3.63, 3.8) is 0 Å². The van der Waals surface area contributed by atoms with Gasteiger partial charge in [-0.05, 0) is 73.5 Å². The van der Waals surface area contributed by atoms with Crippen molar-refractivity contribution in [1.29, 1.82) is 0 Å². The Morgan fingerprint density at radius 3 is 1.83 bits per heavy atom. The molecule has 1 aliphatic rings. The van der Waals surface area contributed by atoms with E-state index in [2.05, 4.69) is 153 Å². The van der Waals surface area contributed by atoms with Gasteiger partial charge in [0.25, 0.3) is 0 Å². The highest BCUT2D eigenvalue weighted by Gasteiger charge is 2.26. The van der Waals surface area contributed by atoms with Crippen LogP contribution in [0.15, 0.2) is 150 Å². The number of furan rings is 1. The van der Waals surface area contributed by atoms with E-state index >= 15 is 0 Å². The van der Waals surface area contributed by atoms with Crippen LogP contribution in [0.2, 0.25) is 0 Å². The summed E-state index contributed by atoms with van der Waals surface area (Å²) in [5.74, 6) is 0. The summed E-state index contributed by atoms with van der Waals surface area (Å²) in [7, 11) is 0. The van der Waals surface area contributed by atoms with Crippen molar-refractivity contribution < 1.29 is 4.42 Å². The summed E-state index contributed by atoms with van der Waals surface area (Å²) in [6.07, 6.45) is 6.69. The van der Waals surface area contributed by atoms with Crippen molar-refractivity contribution in [2.75, 3.05) is 0 Å². The SMILES string of the molecule is C1=Cc2c(n(-c3cccc(-n4c5ccccc5c5ccccc54)c3)c3c2c2ccccc2n3-c2ccc3oc4ccccc4c3c2)CC1. The van der Waals surface area contributed by atoms with Gasteiger partial charge in [0, 0.05) is 60.6 Å². The molecule has 4 heteroatoms. The number of fused-ring (bicyclic) bond motifs is 11. The number of rotatable bonds is 3. The van der Waals surface area contributed by atoms with Crippen molar-refractivity contribution in [2.24, 2.45) is 0 Å². The van der Waals surface area contributed by atoms with Crippen LogP contribution >= 0.6 is 0 Å². The first-order valence-electron chi connectivity index (χ1n) is 16.7. The molecule has 0 N–H and O–H groups in total. The second-order valence-electron chi connectivity index (χ2n) is 12.9. The minimum absolute atomic E-state index is 0.907. The molecule has 0 bridgehead atoms. The van der Waals surface area contributed by atoms with Gasteiger partial charge in [-0.2, -0.15) is 0 Å². The Kier molecular flexibility index (Phi) is 5.19. The van der Waals surface area contributed by atoms with Crippen molar-refractivity contribution in [3.8, 4) is 17.1 Å². The average molecular weight is 616 g/mol. The monoisotopic (exact) mass is 615 g/mol. The summed E-state index contributed by atoms with van der Waals surface area (Å²) in [6.45, 7) is 0. The second kappa shape index (κ2) is 9.63. The van der Waals surface area contributed by atoms with Crippen molar-refractivity contribution in [2.45, 2.75) is 12.8 Å². The Hall–Kier alpha value is -6.26. The molecular formula is C44H29N3O. The molecule has 0 fully saturated rings. The molecule has 226 valence electrons. The second-order valence-corrected chi connectivity index (χ2v) is 12.9. The third-order valence-electron chi connectivity index (χ3n) is 10.3. The van der Waals surface area contributed by atoms with Gasteiger partial charge in [0.1, 0.15) is 16.8 Å². The third kappa shape index (κ3) is 3.44. The summed E-state index contributed by atoms with van der Waals surface area (Å²) in [5, 5.41) is 7.38. The fourth-order valence-corrected chi connectivity index (χ4v) is 8.31. The quantitative estimate of drug-likeness (QED) is 0.194. The van der Waals surface area contributed by atoms with Crippen LogP contribution in [-0.2, 0) is 6.42 Å². The minimum Gasteiger partial charge on any atom is -0.456 e. The maximum Gasteiger partial charge on any atom is 0.135 e. The van der Waals surface area contributed by atoms with Gasteiger partial charge in [0.2, 0.25) is 0 Å². The summed E-state index contributed by atoms with van der Waals surface area (Å²) >= 11 is 0. The normalized spacial score (nSPS) is 13.2. The first-order valence-corrected chi connectivity index (χ1v) is 16.7. The topological polar surface area (TPSA) is 27.9 Å². The maximum atomic E-state index is 6.24. The molecule has 0 radical (unpaired) electrons. The number of para-hydroxylation sites is 4. The zero-order valence-corrected chi connectivity index (χ0v) is 26.1. The van der Waals surface area contributed by atoms with E-state index in [0.29, 0.717) is 0 Å². The summed E-state index contributed by atoms with van der Waals surface area (Å²) in [4.78, 5) is 0. The van der Waals surface area contributed by atoms with Crippen molar-refractivity contribution >= 4 is 71.8 Å². The molecular weight excluding hydrogens is 587 g/mol. The van der Waals surface area contributed by atoms with E-state index in [1.807, 2.05) is 12.1 Å². The van der Waals surface area contributed by atoms with Crippen LogP contribution in [0.4, 0.5) is 0 Å². The van der Waals surface area contributed by atoms with Crippen LogP contribution in [0.25, 0.3) is 88.8 Å². The molecule has 0 saturated carbocycles. The Bertz CT molecular complexity index is 2910. The molecule has 4 nitrogen and oxygen atoms in total. The molecule has 6 aromatic carbocycles. The molecule has 0 spiro atoms. The smallest absolute Gasteiger partial charge is 0.135 e. The Labute approximate surface area is 276 Å². The molecule has 11 rings (SSSR count). The van der Waals surface area contributed by atoms with Gasteiger partial charge in [-0.3, -0.25) is 9.13 Å². The third-order valence-corrected chi connectivity index (χ3v) is 10.3. The van der Waals surface area contributed by atoms with Crippen molar-refractivity contribution in [1.82, 2.24) is 13.7 Å². The molecule has 10 aromatic rings. The minimum atomic E-state index is 0.907. The molecule has 4 heterocycles. The molecule has 0 aliphatic heterocycles. The molecule has 1 aliphatic carbocycles. The summed E-state index contributed by atoms with van der Waals surface area (Å²) < 4.78 is 13.6. The lowest BCUT2D eigenvalue weighted by Crippen LogP contribution is -2.07. The predicted octanol–water partition coefficient (Wildman–Crippen LogP) is 11.5. The van der Waals surface area contributed by atoms with Crippen molar-refractivity contribution in [3.05, 3.63) is 157 Å². The highest BCUT2D eigenvalue weighted by Crippen LogP contribution is 2.43. The van der Waals surface area contributed by atoms with Crippen LogP contribution < -0.4 is 0 Å². The van der Waals surface area contributed by atoms with Gasteiger partial charge >= 0.3 is 0 Å². The van der Waals surface area contributed by atoms with E-state index in [0.717, 1.165) is 51.8 Å². The van der Waals surface area contributed by atoms with E-state index in [1.54, 1.807) is 0 Å². The number of aromatic nitrogens is 3. The van der Waals surface area contributed by atoms with Crippen LogP contribution in [0.3, 0.4) is 0 Å². The number of benzene rings is 6. The van der Waals surface area contributed by atoms with E-state index in [-0.39, 0.29) is 0 Å². The predicted molar refractivity (Wildman–Crippen MR) is 199 cm³/mol. The lowest BCUT2D eigenvalue weighted by atomic mass is 10.0. The molecule has 4 aromatic heterocycles. The van der Waals surface area contributed by atoms with E-state index in [9.17, 15) is 0 Å². The van der Waals surface area contributed by atoms with Gasteiger partial charge in [0.05, 0.1) is 16.6 Å². The zero-order chi connectivity index (χ0) is 31.3. The van der Waals surface area contributed by atoms with Crippen LogP contribution in [0.5, 0.6) is 0 Å². The number of hydrogen-bond acceptors (Lipinski definition) is 1. The lowest BCUT2D eigenvalue weighted by Gasteiger charge is -2.18. The van der Waals surface area contributed by atoms with Crippen LogP contribution in [-0.4, -0.2) is 13.7 Å². The maximum absolute atomic E-state index is 6.24. The first-order chi connectivity index (χ1) is 23.8. The molecule has 48 heavy (non-hydrogen) atoms. The van der Waals surface area contributed by atoms with E-state index < -0.39 is 0 Å². The number of nitrogens with zero attached hydrogens (tertiary/aromatic N) is 3. The number of allylic oxidation sites excluding steroid dienone is 1. The highest BCUT2D eigenvalue weighted by atomic mass is 16.3. The van der Waals surface area contributed by atoms with Gasteiger partial charge in [-0.15, -0.1) is 0 Å².